The highest BCUT2D eigenvalue weighted by atomic mass is 19.1. The van der Waals surface area contributed by atoms with Crippen LogP contribution in [0.15, 0.2) is 53.3 Å². The predicted octanol–water partition coefficient (Wildman–Crippen LogP) is 3.27. The second kappa shape index (κ2) is 6.91. The molecule has 2 aromatic heterocycles. The molecule has 7 heteroatoms. The third kappa shape index (κ3) is 3.24. The summed E-state index contributed by atoms with van der Waals surface area (Å²) >= 11 is 0. The van der Waals surface area contributed by atoms with E-state index in [0.717, 1.165) is 5.56 Å². The maximum atomic E-state index is 13.4. The number of halogens is 1. The van der Waals surface area contributed by atoms with Crippen LogP contribution < -0.4 is 5.32 Å². The van der Waals surface area contributed by atoms with Gasteiger partial charge in [-0.2, -0.15) is 0 Å². The summed E-state index contributed by atoms with van der Waals surface area (Å²) in [5, 5.41) is 6.87. The van der Waals surface area contributed by atoms with Gasteiger partial charge < -0.3 is 14.6 Å². The molecular formula is C17H14FN3O3. The number of benzene rings is 1. The van der Waals surface area contributed by atoms with Gasteiger partial charge in [0.25, 0.3) is 0 Å². The first-order chi connectivity index (χ1) is 11.7. The number of pyridine rings is 1. The summed E-state index contributed by atoms with van der Waals surface area (Å²) in [4.78, 5) is 16.1. The number of hydrogen-bond donors (Lipinski definition) is 1. The molecule has 0 aliphatic rings. The first-order valence-corrected chi connectivity index (χ1v) is 7.15. The molecule has 122 valence electrons. The van der Waals surface area contributed by atoms with E-state index in [2.05, 4.69) is 15.5 Å². The minimum Gasteiger partial charge on any atom is -0.465 e. The summed E-state index contributed by atoms with van der Waals surface area (Å²) in [6, 6.07) is 9.43. The van der Waals surface area contributed by atoms with Gasteiger partial charge in [0, 0.05) is 24.5 Å². The minimum absolute atomic E-state index is 0.118. The van der Waals surface area contributed by atoms with Crippen molar-refractivity contribution in [3.63, 3.8) is 0 Å². The lowest BCUT2D eigenvalue weighted by atomic mass is 10.1. The molecule has 0 saturated carbocycles. The number of ether oxygens (including phenoxy) is 1. The van der Waals surface area contributed by atoms with E-state index in [1.54, 1.807) is 24.5 Å². The van der Waals surface area contributed by atoms with Gasteiger partial charge in [0.05, 0.1) is 7.11 Å². The number of methoxy groups -OCH3 is 1. The highest BCUT2D eigenvalue weighted by Crippen LogP contribution is 2.30. The van der Waals surface area contributed by atoms with Gasteiger partial charge in [0.1, 0.15) is 11.5 Å². The van der Waals surface area contributed by atoms with Gasteiger partial charge in [-0.25, -0.2) is 9.18 Å². The number of rotatable bonds is 5. The van der Waals surface area contributed by atoms with Crippen LogP contribution in [0, 0.1) is 5.82 Å². The van der Waals surface area contributed by atoms with Crippen molar-refractivity contribution in [1.29, 1.82) is 0 Å². The largest absolute Gasteiger partial charge is 0.465 e. The summed E-state index contributed by atoms with van der Waals surface area (Å²) < 4.78 is 23.5. The van der Waals surface area contributed by atoms with Gasteiger partial charge in [0.15, 0.2) is 5.56 Å². The zero-order chi connectivity index (χ0) is 16.9. The van der Waals surface area contributed by atoms with Crippen LogP contribution in [-0.2, 0) is 11.3 Å². The molecule has 0 amide bonds. The second-order valence-corrected chi connectivity index (χ2v) is 4.95. The van der Waals surface area contributed by atoms with Crippen molar-refractivity contribution in [1.82, 2.24) is 10.1 Å². The first-order valence-electron chi connectivity index (χ1n) is 7.15. The summed E-state index contributed by atoms with van der Waals surface area (Å²) in [6.07, 6.45) is 3.36. The fraction of sp³-hybridized carbons (Fsp3) is 0.118. The second-order valence-electron chi connectivity index (χ2n) is 4.95. The Hall–Kier alpha value is -3.22. The Morgan fingerprint density at radius 2 is 2.21 bits per heavy atom. The number of nitrogens with zero attached hydrogens (tertiary/aromatic N) is 2. The number of anilines is 1. The highest BCUT2D eigenvalue weighted by molar-refractivity contribution is 6.00. The van der Waals surface area contributed by atoms with Crippen LogP contribution in [0.25, 0.3) is 11.3 Å². The molecule has 1 N–H and O–H groups in total. The molecule has 1 aromatic carbocycles. The Morgan fingerprint density at radius 1 is 1.33 bits per heavy atom. The minimum atomic E-state index is -0.621. The molecular weight excluding hydrogens is 313 g/mol. The molecule has 0 radical (unpaired) electrons. The zero-order valence-corrected chi connectivity index (χ0v) is 12.8. The van der Waals surface area contributed by atoms with E-state index in [1.807, 2.05) is 6.07 Å². The molecule has 0 aliphatic heterocycles. The van der Waals surface area contributed by atoms with Crippen molar-refractivity contribution in [3.05, 3.63) is 65.7 Å². The van der Waals surface area contributed by atoms with Gasteiger partial charge >= 0.3 is 5.97 Å². The number of esters is 1. The molecule has 6 nitrogen and oxygen atoms in total. The molecule has 0 aliphatic carbocycles. The Morgan fingerprint density at radius 3 is 2.92 bits per heavy atom. The third-order valence-corrected chi connectivity index (χ3v) is 3.36. The van der Waals surface area contributed by atoms with Crippen molar-refractivity contribution >= 4 is 11.9 Å². The van der Waals surface area contributed by atoms with Crippen LogP contribution >= 0.6 is 0 Å². The van der Waals surface area contributed by atoms with Gasteiger partial charge in [-0.1, -0.05) is 23.4 Å². The van der Waals surface area contributed by atoms with E-state index in [-0.39, 0.29) is 17.1 Å². The van der Waals surface area contributed by atoms with Crippen LogP contribution in [0.2, 0.25) is 0 Å². The quantitative estimate of drug-likeness (QED) is 0.725. The van der Waals surface area contributed by atoms with E-state index in [0.29, 0.717) is 12.1 Å². The lowest BCUT2D eigenvalue weighted by Gasteiger charge is -2.05. The number of nitrogens with one attached hydrogen (secondary N) is 1. The fourth-order valence-electron chi connectivity index (χ4n) is 2.22. The van der Waals surface area contributed by atoms with Crippen LogP contribution in [-0.4, -0.2) is 23.2 Å². The van der Waals surface area contributed by atoms with Gasteiger partial charge in [-0.05, 0) is 23.8 Å². The smallest absolute Gasteiger partial charge is 0.345 e. The summed E-state index contributed by atoms with van der Waals surface area (Å²) in [5.74, 6) is -0.898. The normalized spacial score (nSPS) is 10.4. The summed E-state index contributed by atoms with van der Waals surface area (Å²) in [6.45, 7) is 0.385. The maximum Gasteiger partial charge on any atom is 0.345 e. The standard InChI is InChI=1S/C17H14FN3O3/c1-23-17(22)14-15(12-5-2-6-13(18)8-12)21-24-16(14)20-10-11-4-3-7-19-9-11/h2-9,20H,10H2,1H3. The number of hydrogen-bond acceptors (Lipinski definition) is 6. The molecule has 0 spiro atoms. The van der Waals surface area contributed by atoms with E-state index < -0.39 is 11.8 Å². The SMILES string of the molecule is COC(=O)c1c(-c2cccc(F)c2)noc1NCc1cccnc1. The molecule has 0 saturated heterocycles. The maximum absolute atomic E-state index is 13.4. The number of carbonyl (C=O) groups is 1. The van der Waals surface area contributed by atoms with Crippen LogP contribution in [0.5, 0.6) is 0 Å². The van der Waals surface area contributed by atoms with Crippen molar-refractivity contribution in [2.24, 2.45) is 0 Å². The molecule has 2 heterocycles. The average Bonchev–Trinajstić information content (AvgIpc) is 3.04. The zero-order valence-electron chi connectivity index (χ0n) is 12.8. The molecule has 3 aromatic rings. The van der Waals surface area contributed by atoms with E-state index in [9.17, 15) is 9.18 Å². The van der Waals surface area contributed by atoms with Gasteiger partial charge in [-0.3, -0.25) is 4.98 Å². The lowest BCUT2D eigenvalue weighted by molar-refractivity contribution is 0.0602. The first kappa shape index (κ1) is 15.7. The van der Waals surface area contributed by atoms with Crippen molar-refractivity contribution in [2.75, 3.05) is 12.4 Å². The molecule has 0 unspecified atom stereocenters. The van der Waals surface area contributed by atoms with Gasteiger partial charge in [-0.15, -0.1) is 0 Å². The Balaban J connectivity index is 1.94. The Bertz CT molecular complexity index is 849. The van der Waals surface area contributed by atoms with Crippen molar-refractivity contribution < 1.29 is 18.4 Å². The lowest BCUT2D eigenvalue weighted by Crippen LogP contribution is -2.07. The molecule has 0 fully saturated rings. The van der Waals surface area contributed by atoms with Crippen LogP contribution in [0.4, 0.5) is 10.3 Å². The highest BCUT2D eigenvalue weighted by Gasteiger charge is 2.25. The molecule has 3 rings (SSSR count). The summed E-state index contributed by atoms with van der Waals surface area (Å²) in [7, 11) is 1.26. The van der Waals surface area contributed by atoms with Crippen molar-refractivity contribution in [3.8, 4) is 11.3 Å². The Labute approximate surface area is 137 Å². The molecule has 0 bridgehead atoms. The number of carbonyl (C=O) groups excluding carboxylic acids is 1. The topological polar surface area (TPSA) is 77.2 Å². The molecule has 24 heavy (non-hydrogen) atoms. The number of aromatic nitrogens is 2. The van der Waals surface area contributed by atoms with Crippen LogP contribution in [0.1, 0.15) is 15.9 Å². The van der Waals surface area contributed by atoms with E-state index in [4.69, 9.17) is 9.26 Å². The average molecular weight is 327 g/mol. The van der Waals surface area contributed by atoms with Crippen molar-refractivity contribution in [2.45, 2.75) is 6.54 Å². The monoisotopic (exact) mass is 327 g/mol. The predicted molar refractivity (Wildman–Crippen MR) is 84.8 cm³/mol. The third-order valence-electron chi connectivity index (χ3n) is 3.36. The van der Waals surface area contributed by atoms with E-state index >= 15 is 0 Å². The van der Waals surface area contributed by atoms with Gasteiger partial charge in [0.2, 0.25) is 5.88 Å². The summed E-state index contributed by atoms with van der Waals surface area (Å²) in [5.41, 5.74) is 1.66. The molecule has 0 atom stereocenters. The Kier molecular flexibility index (Phi) is 4.51. The van der Waals surface area contributed by atoms with E-state index in [1.165, 1.54) is 25.3 Å². The van der Waals surface area contributed by atoms with Crippen LogP contribution in [0.3, 0.4) is 0 Å². The fourth-order valence-corrected chi connectivity index (χ4v) is 2.22.